The smallest absolute Gasteiger partial charge is 0.0709 e. The van der Waals surface area contributed by atoms with Crippen molar-refractivity contribution in [3.05, 3.63) is 0 Å². The van der Waals surface area contributed by atoms with Crippen molar-refractivity contribution in [2.24, 2.45) is 5.92 Å². The molecule has 2 heterocycles. The van der Waals surface area contributed by atoms with Gasteiger partial charge in [0.25, 0.3) is 0 Å². The predicted octanol–water partition coefficient (Wildman–Crippen LogP) is -0.0156. The molecule has 0 aromatic heterocycles. The highest BCUT2D eigenvalue weighted by Gasteiger charge is 2.37. The largest absolute Gasteiger partial charge is 0.389 e. The van der Waals surface area contributed by atoms with Crippen LogP contribution in [-0.2, 0) is 0 Å². The number of nitrogens with one attached hydrogen (secondary N) is 1. The summed E-state index contributed by atoms with van der Waals surface area (Å²) in [7, 11) is 2.14. The first-order valence-corrected chi connectivity index (χ1v) is 6.94. The molecular formula is C13H27N3O. The van der Waals surface area contributed by atoms with Crippen molar-refractivity contribution < 1.29 is 5.11 Å². The molecule has 2 aliphatic rings. The van der Waals surface area contributed by atoms with Crippen LogP contribution in [-0.4, -0.2) is 73.4 Å². The zero-order valence-corrected chi connectivity index (χ0v) is 11.3. The summed E-state index contributed by atoms with van der Waals surface area (Å²) in [4.78, 5) is 4.80. The molecule has 4 heteroatoms. The third-order valence-corrected chi connectivity index (χ3v) is 4.51. The van der Waals surface area contributed by atoms with Crippen molar-refractivity contribution in [2.45, 2.75) is 25.4 Å². The topological polar surface area (TPSA) is 38.7 Å². The number of likely N-dealkylation sites (tertiary alicyclic amines) is 1. The molecule has 1 atom stereocenters. The van der Waals surface area contributed by atoms with Crippen molar-refractivity contribution in [2.75, 3.05) is 52.9 Å². The Balaban J connectivity index is 1.83. The molecule has 4 nitrogen and oxygen atoms in total. The van der Waals surface area contributed by atoms with Crippen molar-refractivity contribution >= 4 is 0 Å². The van der Waals surface area contributed by atoms with Crippen LogP contribution in [0.3, 0.4) is 0 Å². The number of nitrogens with zero attached hydrogens (tertiary/aromatic N) is 2. The van der Waals surface area contributed by atoms with Crippen molar-refractivity contribution in [3.63, 3.8) is 0 Å². The second-order valence-electron chi connectivity index (χ2n) is 5.86. The first-order chi connectivity index (χ1) is 8.10. The number of rotatable bonds is 3. The van der Waals surface area contributed by atoms with E-state index in [0.717, 1.165) is 58.7 Å². The average molecular weight is 241 g/mol. The van der Waals surface area contributed by atoms with Gasteiger partial charge >= 0.3 is 0 Å². The lowest BCUT2D eigenvalue weighted by Gasteiger charge is -2.42. The van der Waals surface area contributed by atoms with E-state index >= 15 is 0 Å². The minimum atomic E-state index is -0.433. The molecule has 2 rings (SSSR count). The summed E-state index contributed by atoms with van der Waals surface area (Å²) < 4.78 is 0. The lowest BCUT2D eigenvalue weighted by atomic mass is 9.80. The predicted molar refractivity (Wildman–Crippen MR) is 70.2 cm³/mol. The maximum absolute atomic E-state index is 10.7. The van der Waals surface area contributed by atoms with Crippen molar-refractivity contribution in [1.29, 1.82) is 0 Å². The zero-order chi connectivity index (χ0) is 12.3. The van der Waals surface area contributed by atoms with Gasteiger partial charge in [-0.2, -0.15) is 0 Å². The Morgan fingerprint density at radius 1 is 1.18 bits per heavy atom. The number of hydrogen-bond donors (Lipinski definition) is 2. The maximum Gasteiger partial charge on any atom is 0.0709 e. The van der Waals surface area contributed by atoms with Crippen molar-refractivity contribution in [3.8, 4) is 0 Å². The molecule has 0 saturated carbocycles. The number of piperidine rings is 1. The molecule has 2 saturated heterocycles. The van der Waals surface area contributed by atoms with Crippen LogP contribution in [0.4, 0.5) is 0 Å². The lowest BCUT2D eigenvalue weighted by molar-refractivity contribution is -0.0668. The third kappa shape index (κ3) is 3.41. The Morgan fingerprint density at radius 2 is 1.76 bits per heavy atom. The summed E-state index contributed by atoms with van der Waals surface area (Å²) in [6.45, 7) is 9.75. The molecule has 0 aromatic carbocycles. The zero-order valence-electron chi connectivity index (χ0n) is 11.3. The molecule has 100 valence electrons. The normalized spacial score (nSPS) is 29.1. The standard InChI is InChI=1S/C13H27N3O/c1-12(11-16-9-5-14-6-10-16)13(17)3-7-15(2)8-4-13/h12,14,17H,3-11H2,1-2H3. The summed E-state index contributed by atoms with van der Waals surface area (Å²) in [5.74, 6) is 0.384. The Hall–Kier alpha value is -0.160. The Morgan fingerprint density at radius 3 is 2.35 bits per heavy atom. The van der Waals surface area contributed by atoms with E-state index < -0.39 is 5.60 Å². The molecule has 2 aliphatic heterocycles. The molecule has 0 aliphatic carbocycles. The van der Waals surface area contributed by atoms with E-state index in [1.165, 1.54) is 0 Å². The third-order valence-electron chi connectivity index (χ3n) is 4.51. The van der Waals surface area contributed by atoms with Crippen LogP contribution >= 0.6 is 0 Å². The van der Waals surface area contributed by atoms with Crippen LogP contribution < -0.4 is 5.32 Å². The molecule has 2 fully saturated rings. The number of aliphatic hydroxyl groups is 1. The van der Waals surface area contributed by atoms with Gasteiger partial charge in [-0.3, -0.25) is 0 Å². The number of hydrogen-bond acceptors (Lipinski definition) is 4. The Kier molecular flexibility index (Phi) is 4.42. The summed E-state index contributed by atoms with van der Waals surface area (Å²) in [5.41, 5.74) is -0.433. The second-order valence-corrected chi connectivity index (χ2v) is 5.86. The van der Waals surface area contributed by atoms with E-state index in [1.54, 1.807) is 0 Å². The summed E-state index contributed by atoms with van der Waals surface area (Å²) in [6, 6.07) is 0. The second kappa shape index (κ2) is 5.65. The average Bonchev–Trinajstić information content (AvgIpc) is 2.34. The first kappa shape index (κ1) is 13.3. The van der Waals surface area contributed by atoms with Gasteiger partial charge in [-0.1, -0.05) is 6.92 Å². The van der Waals surface area contributed by atoms with Crippen LogP contribution in [0, 0.1) is 5.92 Å². The van der Waals surface area contributed by atoms with Gasteiger partial charge in [0.05, 0.1) is 5.60 Å². The quantitative estimate of drug-likeness (QED) is 0.729. The fourth-order valence-electron chi connectivity index (χ4n) is 2.95. The number of piperazine rings is 1. The van der Waals surface area contributed by atoms with Gasteiger partial charge in [0.15, 0.2) is 0 Å². The van der Waals surface area contributed by atoms with Gasteiger partial charge in [0.1, 0.15) is 0 Å². The van der Waals surface area contributed by atoms with Crippen LogP contribution in [0.25, 0.3) is 0 Å². The minimum absolute atomic E-state index is 0.384. The van der Waals surface area contributed by atoms with E-state index in [9.17, 15) is 5.11 Å². The highest BCUT2D eigenvalue weighted by atomic mass is 16.3. The van der Waals surface area contributed by atoms with Gasteiger partial charge < -0.3 is 20.2 Å². The monoisotopic (exact) mass is 241 g/mol. The van der Waals surface area contributed by atoms with Crippen LogP contribution in [0.2, 0.25) is 0 Å². The molecule has 0 bridgehead atoms. The first-order valence-electron chi connectivity index (χ1n) is 6.94. The molecule has 17 heavy (non-hydrogen) atoms. The molecule has 0 amide bonds. The van der Waals surface area contributed by atoms with Gasteiger partial charge in [-0.05, 0) is 25.8 Å². The molecule has 0 radical (unpaired) electrons. The van der Waals surface area contributed by atoms with Crippen molar-refractivity contribution in [1.82, 2.24) is 15.1 Å². The van der Waals surface area contributed by atoms with E-state index in [4.69, 9.17) is 0 Å². The summed E-state index contributed by atoms with van der Waals surface area (Å²) in [6.07, 6.45) is 1.85. The Labute approximate surface area is 105 Å². The maximum atomic E-state index is 10.7. The van der Waals surface area contributed by atoms with Gasteiger partial charge in [0, 0.05) is 45.8 Å². The van der Waals surface area contributed by atoms with Crippen LogP contribution in [0.15, 0.2) is 0 Å². The fraction of sp³-hybridized carbons (Fsp3) is 1.00. The molecule has 0 spiro atoms. The van der Waals surface area contributed by atoms with Gasteiger partial charge in [-0.25, -0.2) is 0 Å². The van der Waals surface area contributed by atoms with Crippen LogP contribution in [0.1, 0.15) is 19.8 Å². The fourth-order valence-corrected chi connectivity index (χ4v) is 2.95. The van der Waals surface area contributed by atoms with E-state index in [1.807, 2.05) is 0 Å². The Bertz CT molecular complexity index is 233. The summed E-state index contributed by atoms with van der Waals surface area (Å²) >= 11 is 0. The molecule has 0 aromatic rings. The van der Waals surface area contributed by atoms with Gasteiger partial charge in [-0.15, -0.1) is 0 Å². The highest BCUT2D eigenvalue weighted by Crippen LogP contribution is 2.30. The molecule has 2 N–H and O–H groups in total. The molecule has 1 unspecified atom stereocenters. The lowest BCUT2D eigenvalue weighted by Crippen LogP contribution is -2.52. The summed E-state index contributed by atoms with van der Waals surface area (Å²) in [5, 5.41) is 14.1. The van der Waals surface area contributed by atoms with E-state index in [2.05, 4.69) is 29.1 Å². The SMILES string of the molecule is CC(CN1CCNCC1)C1(O)CCN(C)CC1. The van der Waals surface area contributed by atoms with Gasteiger partial charge in [0.2, 0.25) is 0 Å². The molecular weight excluding hydrogens is 214 g/mol. The minimum Gasteiger partial charge on any atom is -0.389 e. The van der Waals surface area contributed by atoms with E-state index in [-0.39, 0.29) is 0 Å². The van der Waals surface area contributed by atoms with Crippen LogP contribution in [0.5, 0.6) is 0 Å². The van der Waals surface area contributed by atoms with E-state index in [0.29, 0.717) is 5.92 Å². The highest BCUT2D eigenvalue weighted by molar-refractivity contribution is 4.90.